The fourth-order valence-corrected chi connectivity index (χ4v) is 10.7. The molecule has 0 saturated carbocycles. The summed E-state index contributed by atoms with van der Waals surface area (Å²) in [6, 6.07) is -0.886. The van der Waals surface area contributed by atoms with Crippen molar-refractivity contribution < 1.29 is 32.9 Å². The molecule has 9 heteroatoms. The maximum Gasteiger partial charge on any atom is 0.268 e. The molecule has 0 spiro atoms. The van der Waals surface area contributed by atoms with Gasteiger partial charge < -0.3 is 28.8 Å². The van der Waals surface area contributed by atoms with E-state index in [9.17, 15) is 19.4 Å². The van der Waals surface area contributed by atoms with Crippen LogP contribution in [0.15, 0.2) is 36.5 Å². The molecule has 1 amide bonds. The highest BCUT2D eigenvalue weighted by molar-refractivity contribution is 7.45. The number of hydrogen-bond acceptors (Lipinski definition) is 6. The first-order chi connectivity index (χ1) is 36.5. The number of nitrogens with one attached hydrogen (secondary N) is 1. The Morgan fingerprint density at radius 2 is 0.773 bits per heavy atom. The van der Waals surface area contributed by atoms with Crippen molar-refractivity contribution in [3.63, 3.8) is 0 Å². The molecule has 3 atom stereocenters. The molecule has 0 saturated heterocycles. The van der Waals surface area contributed by atoms with Gasteiger partial charge in [0.25, 0.3) is 7.82 Å². The molecule has 0 fully saturated rings. The van der Waals surface area contributed by atoms with Crippen molar-refractivity contribution in [3.05, 3.63) is 36.5 Å². The van der Waals surface area contributed by atoms with Crippen LogP contribution in [0, 0.1) is 0 Å². The molecule has 0 radical (unpaired) electrons. The molecule has 75 heavy (non-hydrogen) atoms. The largest absolute Gasteiger partial charge is 0.756 e. The Balaban J connectivity index is 4.09. The van der Waals surface area contributed by atoms with E-state index in [1.807, 2.05) is 27.2 Å². The highest BCUT2D eigenvalue weighted by atomic mass is 31.2. The van der Waals surface area contributed by atoms with Crippen LogP contribution in [0.5, 0.6) is 0 Å². The molecule has 8 nitrogen and oxygen atoms in total. The van der Waals surface area contributed by atoms with Crippen molar-refractivity contribution in [2.75, 3.05) is 40.9 Å². The molecule has 0 aliphatic carbocycles. The third kappa shape index (κ3) is 60.2. The van der Waals surface area contributed by atoms with Crippen LogP contribution in [-0.2, 0) is 18.4 Å². The molecule has 0 aromatic heterocycles. The zero-order valence-corrected chi connectivity index (χ0v) is 51.7. The van der Waals surface area contributed by atoms with Crippen LogP contribution in [0.2, 0.25) is 0 Å². The quantitative estimate of drug-likeness (QED) is 0.0272. The van der Waals surface area contributed by atoms with E-state index in [1.165, 1.54) is 263 Å². The number of aliphatic hydroxyl groups is 1. The van der Waals surface area contributed by atoms with Gasteiger partial charge in [-0.05, 0) is 51.4 Å². The van der Waals surface area contributed by atoms with Gasteiger partial charge >= 0.3 is 0 Å². The van der Waals surface area contributed by atoms with Gasteiger partial charge in [0, 0.05) is 6.42 Å². The third-order valence-corrected chi connectivity index (χ3v) is 16.1. The number of phosphoric acid groups is 1. The zero-order chi connectivity index (χ0) is 54.9. The van der Waals surface area contributed by atoms with Gasteiger partial charge in [0.15, 0.2) is 0 Å². The number of phosphoric ester groups is 1. The fraction of sp³-hybridized carbons (Fsp3) is 0.894. The number of allylic oxidation sites excluding steroid dienone is 5. The predicted molar refractivity (Wildman–Crippen MR) is 325 cm³/mol. The normalized spacial score (nSPS) is 14.0. The Bertz CT molecular complexity index is 1320. The van der Waals surface area contributed by atoms with Crippen LogP contribution in [0.3, 0.4) is 0 Å². The molecule has 0 bridgehead atoms. The lowest BCUT2D eigenvalue weighted by molar-refractivity contribution is -0.870. The number of nitrogens with zero attached hydrogens (tertiary/aromatic N) is 1. The number of hydrogen-bond donors (Lipinski definition) is 2. The molecule has 0 aliphatic heterocycles. The number of carbonyl (C=O) groups excluding carboxylic acids is 1. The van der Waals surface area contributed by atoms with Crippen LogP contribution < -0.4 is 10.2 Å². The summed E-state index contributed by atoms with van der Waals surface area (Å²) in [5.74, 6) is -0.191. The second-order valence-corrected chi connectivity index (χ2v) is 25.2. The van der Waals surface area contributed by atoms with Gasteiger partial charge in [-0.1, -0.05) is 307 Å². The number of rotatable bonds is 61. The van der Waals surface area contributed by atoms with Gasteiger partial charge in [0.2, 0.25) is 5.91 Å². The van der Waals surface area contributed by atoms with Gasteiger partial charge in [0.05, 0.1) is 39.9 Å². The van der Waals surface area contributed by atoms with Gasteiger partial charge in [-0.3, -0.25) is 9.36 Å². The Hall–Kier alpha value is -1.28. The van der Waals surface area contributed by atoms with Crippen LogP contribution in [0.25, 0.3) is 0 Å². The number of amides is 1. The molecule has 0 rings (SSSR count). The maximum absolute atomic E-state index is 13.0. The Kier molecular flexibility index (Phi) is 56.4. The molecule has 0 aliphatic rings. The molecular formula is C66H129N2O6P. The van der Waals surface area contributed by atoms with E-state index in [0.29, 0.717) is 17.4 Å². The number of unbranched alkanes of at least 4 members (excludes halogenated alkanes) is 44. The summed E-state index contributed by atoms with van der Waals surface area (Å²) < 4.78 is 23.4. The van der Waals surface area contributed by atoms with Gasteiger partial charge in [0.1, 0.15) is 13.2 Å². The van der Waals surface area contributed by atoms with Crippen molar-refractivity contribution in [1.29, 1.82) is 0 Å². The first-order valence-corrected chi connectivity index (χ1v) is 34.3. The van der Waals surface area contributed by atoms with Crippen molar-refractivity contribution in [1.82, 2.24) is 5.32 Å². The monoisotopic (exact) mass is 1080 g/mol. The molecule has 444 valence electrons. The summed E-state index contributed by atoms with van der Waals surface area (Å²) in [5.41, 5.74) is 0. The number of aliphatic hydroxyl groups excluding tert-OH is 1. The van der Waals surface area contributed by atoms with Crippen LogP contribution in [-0.4, -0.2) is 68.5 Å². The van der Waals surface area contributed by atoms with E-state index in [0.717, 1.165) is 44.9 Å². The van der Waals surface area contributed by atoms with Crippen LogP contribution >= 0.6 is 7.82 Å². The highest BCUT2D eigenvalue weighted by Crippen LogP contribution is 2.38. The molecule has 0 aromatic rings. The molecule has 0 heterocycles. The Labute approximate surface area is 467 Å². The van der Waals surface area contributed by atoms with E-state index < -0.39 is 20.0 Å². The maximum atomic E-state index is 13.0. The smallest absolute Gasteiger partial charge is 0.268 e. The van der Waals surface area contributed by atoms with Crippen molar-refractivity contribution in [3.8, 4) is 0 Å². The van der Waals surface area contributed by atoms with Gasteiger partial charge in [-0.15, -0.1) is 0 Å². The lowest BCUT2D eigenvalue weighted by atomic mass is 10.0. The molecule has 2 N–H and O–H groups in total. The summed E-state index contributed by atoms with van der Waals surface area (Å²) in [4.78, 5) is 25.6. The number of carbonyl (C=O) groups is 1. The molecular weight excluding hydrogens is 948 g/mol. The highest BCUT2D eigenvalue weighted by Gasteiger charge is 2.23. The van der Waals surface area contributed by atoms with Crippen molar-refractivity contribution in [2.45, 2.75) is 341 Å². The lowest BCUT2D eigenvalue weighted by Gasteiger charge is -2.29. The predicted octanol–water partition coefficient (Wildman–Crippen LogP) is 19.9. The van der Waals surface area contributed by atoms with E-state index >= 15 is 0 Å². The molecule has 0 aromatic carbocycles. The summed E-state index contributed by atoms with van der Waals surface area (Å²) in [6.45, 7) is 4.69. The van der Waals surface area contributed by atoms with E-state index in [1.54, 1.807) is 6.08 Å². The minimum Gasteiger partial charge on any atom is -0.756 e. The minimum atomic E-state index is -4.60. The van der Waals surface area contributed by atoms with Gasteiger partial charge in [-0.2, -0.15) is 0 Å². The van der Waals surface area contributed by atoms with Crippen LogP contribution in [0.4, 0.5) is 0 Å². The van der Waals surface area contributed by atoms with E-state index in [-0.39, 0.29) is 19.1 Å². The first kappa shape index (κ1) is 73.7. The average molecular weight is 1080 g/mol. The minimum absolute atomic E-state index is 0.000701. The lowest BCUT2D eigenvalue weighted by Crippen LogP contribution is -2.45. The van der Waals surface area contributed by atoms with Crippen molar-refractivity contribution >= 4 is 13.7 Å². The number of quaternary nitrogens is 1. The van der Waals surface area contributed by atoms with Crippen molar-refractivity contribution in [2.24, 2.45) is 0 Å². The second kappa shape index (κ2) is 57.4. The summed E-state index contributed by atoms with van der Waals surface area (Å²) in [6.07, 6.45) is 75.3. The summed E-state index contributed by atoms with van der Waals surface area (Å²) in [7, 11) is 1.28. The van der Waals surface area contributed by atoms with E-state index in [2.05, 4.69) is 43.5 Å². The SMILES string of the molecule is CCCCCCC/C=C\C/C=C\CCCCCCCCCCCCCCCCCCCC(=O)NC(COP(=O)([O-])OCC[N+](C)(C)C)C(O)/C=C/CCCCCCCCCCCCCCCCCCCCCCCC. The van der Waals surface area contributed by atoms with Gasteiger partial charge in [-0.25, -0.2) is 0 Å². The summed E-state index contributed by atoms with van der Waals surface area (Å²) >= 11 is 0. The van der Waals surface area contributed by atoms with E-state index in [4.69, 9.17) is 9.05 Å². The average Bonchev–Trinajstić information content (AvgIpc) is 3.37. The Morgan fingerprint density at radius 1 is 0.467 bits per heavy atom. The number of likely N-dealkylation sites (N-methyl/N-ethyl adjacent to an activating group) is 1. The second-order valence-electron chi connectivity index (χ2n) is 23.8. The topological polar surface area (TPSA) is 108 Å². The molecule has 3 unspecified atom stereocenters. The zero-order valence-electron chi connectivity index (χ0n) is 50.8. The fourth-order valence-electron chi connectivity index (χ4n) is 9.95. The standard InChI is InChI=1S/C66H129N2O6P/c1-6-8-10-12-14-16-18-20-22-24-26-28-30-32-33-34-35-36-38-40-42-44-46-48-50-52-54-56-58-60-66(70)67-64(63-74-75(71,72)73-62-61-68(3,4)5)65(69)59-57-55-53-51-49-47-45-43-41-39-37-31-29-27-25-23-21-19-17-15-13-11-9-7-2/h18,20,24,26,57,59,64-65,69H,6-17,19,21-23,25,27-56,58,60-63H2,1-5H3,(H-,67,70,71,72)/b20-18-,26-24-,59-57+. The van der Waals surface area contributed by atoms with Crippen LogP contribution in [0.1, 0.15) is 328 Å². The third-order valence-electron chi connectivity index (χ3n) is 15.1. The Morgan fingerprint density at radius 3 is 1.11 bits per heavy atom. The first-order valence-electron chi connectivity index (χ1n) is 32.9. The summed E-state index contributed by atoms with van der Waals surface area (Å²) in [5, 5.41) is 13.9.